The first-order valence-electron chi connectivity index (χ1n) is 5.05. The lowest BCUT2D eigenvalue weighted by Gasteiger charge is -2.19. The van der Waals surface area contributed by atoms with Crippen molar-refractivity contribution in [3.8, 4) is 0 Å². The van der Waals surface area contributed by atoms with Crippen molar-refractivity contribution in [3.63, 3.8) is 0 Å². The van der Waals surface area contributed by atoms with E-state index in [2.05, 4.69) is 0 Å². The molecule has 7 heteroatoms. The molecule has 1 saturated heterocycles. The van der Waals surface area contributed by atoms with E-state index in [1.54, 1.807) is 0 Å². The number of hydrogen-bond acceptors (Lipinski definition) is 3. The number of nitrogens with zero attached hydrogens (tertiary/aromatic N) is 1. The molecule has 0 aromatic heterocycles. The van der Waals surface area contributed by atoms with Gasteiger partial charge in [-0.1, -0.05) is 0 Å². The highest BCUT2D eigenvalue weighted by Gasteiger charge is 2.50. The van der Waals surface area contributed by atoms with Gasteiger partial charge < -0.3 is 15.7 Å². The minimum absolute atomic E-state index is 0.0422. The Hall–Kier alpha value is -0.820. The molecule has 1 aliphatic heterocycles. The third-order valence-corrected chi connectivity index (χ3v) is 2.81. The number of alkyl halides is 3. The minimum atomic E-state index is -4.37. The summed E-state index contributed by atoms with van der Waals surface area (Å²) in [4.78, 5) is 12.5. The molecule has 0 aromatic carbocycles. The number of halogens is 3. The number of carbonyl (C=O) groups excluding carboxylic acids is 1. The number of hydrogen-bond donors (Lipinski definition) is 2. The summed E-state index contributed by atoms with van der Waals surface area (Å²) in [6.45, 7) is -0.848. The smallest absolute Gasteiger partial charge is 0.393 e. The zero-order valence-electron chi connectivity index (χ0n) is 8.70. The molecule has 1 fully saturated rings. The number of carbonyl (C=O) groups is 1. The van der Waals surface area contributed by atoms with E-state index in [1.807, 2.05) is 0 Å². The van der Waals surface area contributed by atoms with Crippen LogP contribution in [0.3, 0.4) is 0 Å². The largest absolute Gasteiger partial charge is 0.396 e. The van der Waals surface area contributed by atoms with E-state index >= 15 is 0 Å². The predicted molar refractivity (Wildman–Crippen MR) is 50.4 cm³/mol. The molecule has 0 aromatic rings. The first-order valence-corrected chi connectivity index (χ1v) is 5.05. The molecular weight excluding hydrogens is 225 g/mol. The van der Waals surface area contributed by atoms with Crippen molar-refractivity contribution in [1.29, 1.82) is 0 Å². The highest BCUT2D eigenvalue weighted by molar-refractivity contribution is 5.76. The van der Waals surface area contributed by atoms with Gasteiger partial charge in [0.1, 0.15) is 0 Å². The topological polar surface area (TPSA) is 66.6 Å². The maximum absolute atomic E-state index is 12.5. The quantitative estimate of drug-likeness (QED) is 0.727. The van der Waals surface area contributed by atoms with Gasteiger partial charge in [0.25, 0.3) is 0 Å². The molecule has 3 N–H and O–H groups in total. The minimum Gasteiger partial charge on any atom is -0.396 e. The molecule has 16 heavy (non-hydrogen) atoms. The Labute approximate surface area is 91.2 Å². The molecule has 2 atom stereocenters. The number of nitrogens with two attached hydrogens (primary N) is 1. The molecule has 1 heterocycles. The van der Waals surface area contributed by atoms with Crippen LogP contribution >= 0.6 is 0 Å². The molecule has 1 rings (SSSR count). The average molecular weight is 240 g/mol. The molecule has 0 aliphatic carbocycles. The van der Waals surface area contributed by atoms with Gasteiger partial charge in [0, 0.05) is 38.6 Å². The molecule has 0 bridgehead atoms. The number of aliphatic hydroxyl groups is 1. The maximum atomic E-state index is 12.5. The van der Waals surface area contributed by atoms with Crippen LogP contribution in [-0.4, -0.2) is 48.3 Å². The second-order valence-corrected chi connectivity index (χ2v) is 3.93. The van der Waals surface area contributed by atoms with E-state index < -0.39 is 24.6 Å². The zero-order valence-corrected chi connectivity index (χ0v) is 8.70. The van der Waals surface area contributed by atoms with Crippen molar-refractivity contribution in [2.45, 2.75) is 12.6 Å². The van der Waals surface area contributed by atoms with Crippen LogP contribution in [0.1, 0.15) is 6.42 Å². The van der Waals surface area contributed by atoms with Crippen LogP contribution in [0.2, 0.25) is 0 Å². The second-order valence-electron chi connectivity index (χ2n) is 3.93. The van der Waals surface area contributed by atoms with E-state index in [4.69, 9.17) is 10.8 Å². The Morgan fingerprint density at radius 3 is 2.44 bits per heavy atom. The lowest BCUT2D eigenvalue weighted by Crippen LogP contribution is -2.33. The first kappa shape index (κ1) is 13.2. The van der Waals surface area contributed by atoms with Crippen LogP contribution in [0.4, 0.5) is 13.2 Å². The summed E-state index contributed by atoms with van der Waals surface area (Å²) in [7, 11) is 0. The zero-order chi connectivity index (χ0) is 12.3. The Bertz CT molecular complexity index is 258. The van der Waals surface area contributed by atoms with Crippen LogP contribution in [0.25, 0.3) is 0 Å². The van der Waals surface area contributed by atoms with Gasteiger partial charge in [-0.3, -0.25) is 4.79 Å². The summed E-state index contributed by atoms with van der Waals surface area (Å²) in [5, 5.41) is 8.87. The summed E-state index contributed by atoms with van der Waals surface area (Å²) in [6.07, 6.45) is -4.33. The fourth-order valence-electron chi connectivity index (χ4n) is 1.91. The van der Waals surface area contributed by atoms with Gasteiger partial charge in [-0.05, 0) is 0 Å². The van der Waals surface area contributed by atoms with E-state index in [-0.39, 0.29) is 32.0 Å². The molecule has 0 spiro atoms. The summed E-state index contributed by atoms with van der Waals surface area (Å²) in [5.74, 6) is -2.92. The SMILES string of the molecule is NCCC(=O)N1C[C@@H](CO)[C@@H](C(F)(F)F)C1. The Morgan fingerprint density at radius 1 is 1.44 bits per heavy atom. The molecule has 0 saturated carbocycles. The monoisotopic (exact) mass is 240 g/mol. The molecular formula is C9H15F3N2O2. The van der Waals surface area contributed by atoms with Crippen molar-refractivity contribution >= 4 is 5.91 Å². The third-order valence-electron chi connectivity index (χ3n) is 2.81. The fraction of sp³-hybridized carbons (Fsp3) is 0.889. The van der Waals surface area contributed by atoms with E-state index in [9.17, 15) is 18.0 Å². The second kappa shape index (κ2) is 5.01. The molecule has 1 aliphatic rings. The Kier molecular flexibility index (Phi) is 4.15. The predicted octanol–water partition coefficient (Wildman–Crippen LogP) is -0.0356. The van der Waals surface area contributed by atoms with Crippen molar-refractivity contribution < 1.29 is 23.1 Å². The van der Waals surface area contributed by atoms with Crippen molar-refractivity contribution in [2.75, 3.05) is 26.2 Å². The fourth-order valence-corrected chi connectivity index (χ4v) is 1.91. The van der Waals surface area contributed by atoms with Crippen LogP contribution in [0, 0.1) is 11.8 Å². The van der Waals surface area contributed by atoms with Gasteiger partial charge >= 0.3 is 6.18 Å². The molecule has 94 valence electrons. The number of amides is 1. The normalized spacial score (nSPS) is 26.2. The maximum Gasteiger partial charge on any atom is 0.393 e. The van der Waals surface area contributed by atoms with Crippen LogP contribution in [0.15, 0.2) is 0 Å². The van der Waals surface area contributed by atoms with Gasteiger partial charge in [0.2, 0.25) is 5.91 Å². The summed E-state index contributed by atoms with van der Waals surface area (Å²) >= 11 is 0. The highest BCUT2D eigenvalue weighted by atomic mass is 19.4. The number of likely N-dealkylation sites (tertiary alicyclic amines) is 1. The third kappa shape index (κ3) is 2.85. The lowest BCUT2D eigenvalue weighted by molar-refractivity contribution is -0.183. The Morgan fingerprint density at radius 2 is 2.06 bits per heavy atom. The lowest BCUT2D eigenvalue weighted by atomic mass is 9.97. The summed E-state index contributed by atoms with van der Waals surface area (Å²) in [6, 6.07) is 0. The van der Waals surface area contributed by atoms with Crippen molar-refractivity contribution in [1.82, 2.24) is 4.90 Å². The first-order chi connectivity index (χ1) is 7.40. The van der Waals surface area contributed by atoms with E-state index in [0.717, 1.165) is 4.90 Å². The van der Waals surface area contributed by atoms with Crippen LogP contribution in [0.5, 0.6) is 0 Å². The van der Waals surface area contributed by atoms with Crippen molar-refractivity contribution in [3.05, 3.63) is 0 Å². The summed E-state index contributed by atoms with van der Waals surface area (Å²) in [5.41, 5.74) is 5.17. The summed E-state index contributed by atoms with van der Waals surface area (Å²) < 4.78 is 37.6. The number of aliphatic hydroxyl groups excluding tert-OH is 1. The van der Waals surface area contributed by atoms with Gasteiger partial charge in [0.15, 0.2) is 0 Å². The standard InChI is InChI=1S/C9H15F3N2O2/c10-9(11,12)7-4-14(3-6(7)5-15)8(16)1-2-13/h6-7,15H,1-5,13H2/t6-,7-/m0/s1. The number of rotatable bonds is 3. The van der Waals surface area contributed by atoms with Crippen LogP contribution in [-0.2, 0) is 4.79 Å². The van der Waals surface area contributed by atoms with Gasteiger partial charge in [-0.15, -0.1) is 0 Å². The van der Waals surface area contributed by atoms with Crippen LogP contribution < -0.4 is 5.73 Å². The van der Waals surface area contributed by atoms with E-state index in [0.29, 0.717) is 0 Å². The Balaban J connectivity index is 2.67. The average Bonchev–Trinajstić information content (AvgIpc) is 2.61. The highest BCUT2D eigenvalue weighted by Crippen LogP contribution is 2.37. The molecule has 1 amide bonds. The van der Waals surface area contributed by atoms with Gasteiger partial charge in [-0.25, -0.2) is 0 Å². The van der Waals surface area contributed by atoms with Gasteiger partial charge in [-0.2, -0.15) is 13.2 Å². The molecule has 0 unspecified atom stereocenters. The van der Waals surface area contributed by atoms with Crippen molar-refractivity contribution in [2.24, 2.45) is 17.6 Å². The van der Waals surface area contributed by atoms with E-state index in [1.165, 1.54) is 0 Å². The molecule has 0 radical (unpaired) electrons. The molecule has 4 nitrogen and oxygen atoms in total. The van der Waals surface area contributed by atoms with Gasteiger partial charge in [0.05, 0.1) is 5.92 Å².